The lowest BCUT2D eigenvalue weighted by Crippen LogP contribution is -2.33. The zero-order valence-corrected chi connectivity index (χ0v) is 15.3. The SMILES string of the molecule is O=C(Cc1ccccc1)N1CCCn2nnc(CN3CCCCC3)c2C1. The van der Waals surface area contributed by atoms with E-state index >= 15 is 0 Å². The Bertz CT molecular complexity index is 736. The van der Waals surface area contributed by atoms with Gasteiger partial charge in [0.25, 0.3) is 0 Å². The van der Waals surface area contributed by atoms with Gasteiger partial charge in [-0.2, -0.15) is 0 Å². The van der Waals surface area contributed by atoms with Crippen LogP contribution in [0.4, 0.5) is 0 Å². The smallest absolute Gasteiger partial charge is 0.227 e. The van der Waals surface area contributed by atoms with Gasteiger partial charge in [0.05, 0.1) is 18.7 Å². The first-order valence-corrected chi connectivity index (χ1v) is 9.75. The van der Waals surface area contributed by atoms with Gasteiger partial charge < -0.3 is 4.90 Å². The van der Waals surface area contributed by atoms with E-state index in [9.17, 15) is 4.79 Å². The van der Waals surface area contributed by atoms with Crippen molar-refractivity contribution in [1.82, 2.24) is 24.8 Å². The number of benzene rings is 1. The molecule has 4 rings (SSSR count). The van der Waals surface area contributed by atoms with E-state index in [4.69, 9.17) is 0 Å². The Balaban J connectivity index is 1.46. The van der Waals surface area contributed by atoms with Crippen LogP contribution in [-0.4, -0.2) is 50.3 Å². The number of hydrogen-bond donors (Lipinski definition) is 0. The molecule has 1 saturated heterocycles. The maximum absolute atomic E-state index is 12.8. The largest absolute Gasteiger partial charge is 0.336 e. The predicted molar refractivity (Wildman–Crippen MR) is 99.3 cm³/mol. The number of aromatic nitrogens is 3. The van der Waals surface area contributed by atoms with Crippen LogP contribution >= 0.6 is 0 Å². The summed E-state index contributed by atoms with van der Waals surface area (Å²) < 4.78 is 2.01. The lowest BCUT2D eigenvalue weighted by atomic mass is 10.1. The number of hydrogen-bond acceptors (Lipinski definition) is 4. The van der Waals surface area contributed by atoms with Crippen LogP contribution in [0.2, 0.25) is 0 Å². The molecule has 3 heterocycles. The van der Waals surface area contributed by atoms with Crippen molar-refractivity contribution in [3.8, 4) is 0 Å². The van der Waals surface area contributed by atoms with Gasteiger partial charge in [-0.3, -0.25) is 9.69 Å². The third-order valence-electron chi connectivity index (χ3n) is 5.43. The molecule has 1 amide bonds. The standard InChI is InChI=1S/C20H27N5O/c26-20(14-17-8-3-1-4-9-17)24-12-7-13-25-19(16-24)18(21-22-25)15-23-10-5-2-6-11-23/h1,3-4,8-9H,2,5-7,10-16H2. The second-order valence-electron chi connectivity index (χ2n) is 7.37. The molecule has 2 aliphatic heterocycles. The summed E-state index contributed by atoms with van der Waals surface area (Å²) in [5.74, 6) is 0.190. The first-order valence-electron chi connectivity index (χ1n) is 9.75. The molecule has 0 saturated carbocycles. The maximum Gasteiger partial charge on any atom is 0.227 e. The fourth-order valence-electron chi connectivity index (χ4n) is 3.94. The molecule has 6 heteroatoms. The van der Waals surface area contributed by atoms with Gasteiger partial charge >= 0.3 is 0 Å². The van der Waals surface area contributed by atoms with Gasteiger partial charge in [-0.1, -0.05) is 42.0 Å². The predicted octanol–water partition coefficient (Wildman–Crippen LogP) is 2.24. The summed E-state index contributed by atoms with van der Waals surface area (Å²) in [6, 6.07) is 9.99. The third kappa shape index (κ3) is 3.96. The molecule has 2 aliphatic rings. The molecule has 26 heavy (non-hydrogen) atoms. The lowest BCUT2D eigenvalue weighted by molar-refractivity contribution is -0.131. The van der Waals surface area contributed by atoms with E-state index in [0.29, 0.717) is 13.0 Å². The summed E-state index contributed by atoms with van der Waals surface area (Å²) in [5.41, 5.74) is 3.24. The van der Waals surface area contributed by atoms with Crippen molar-refractivity contribution in [1.29, 1.82) is 0 Å². The zero-order valence-electron chi connectivity index (χ0n) is 15.3. The Kier molecular flexibility index (Phi) is 5.29. The first kappa shape index (κ1) is 17.2. The lowest BCUT2D eigenvalue weighted by Gasteiger charge is -2.26. The highest BCUT2D eigenvalue weighted by Gasteiger charge is 2.24. The van der Waals surface area contributed by atoms with E-state index in [1.807, 2.05) is 39.9 Å². The minimum atomic E-state index is 0.190. The van der Waals surface area contributed by atoms with E-state index in [1.54, 1.807) is 0 Å². The Morgan fingerprint density at radius 3 is 2.58 bits per heavy atom. The van der Waals surface area contributed by atoms with Gasteiger partial charge in [-0.25, -0.2) is 4.68 Å². The van der Waals surface area contributed by atoms with Crippen LogP contribution in [0.15, 0.2) is 30.3 Å². The number of piperidine rings is 1. The minimum Gasteiger partial charge on any atom is -0.336 e. The molecule has 138 valence electrons. The van der Waals surface area contributed by atoms with Gasteiger partial charge in [-0.05, 0) is 37.9 Å². The van der Waals surface area contributed by atoms with Crippen LogP contribution in [0.5, 0.6) is 0 Å². The summed E-state index contributed by atoms with van der Waals surface area (Å²) in [5, 5.41) is 8.81. The Labute approximate surface area is 154 Å². The van der Waals surface area contributed by atoms with Crippen molar-refractivity contribution >= 4 is 5.91 Å². The van der Waals surface area contributed by atoms with E-state index in [1.165, 1.54) is 19.3 Å². The molecule has 2 aromatic rings. The monoisotopic (exact) mass is 353 g/mol. The summed E-state index contributed by atoms with van der Waals surface area (Å²) >= 11 is 0. The molecule has 1 aromatic carbocycles. The summed E-state index contributed by atoms with van der Waals surface area (Å²) in [6.07, 6.45) is 5.26. The van der Waals surface area contributed by atoms with Crippen molar-refractivity contribution in [3.05, 3.63) is 47.3 Å². The Morgan fingerprint density at radius 1 is 0.962 bits per heavy atom. The van der Waals surface area contributed by atoms with Crippen LogP contribution in [0, 0.1) is 0 Å². The average Bonchev–Trinajstić information content (AvgIpc) is 2.91. The van der Waals surface area contributed by atoms with E-state index in [0.717, 1.165) is 56.1 Å². The normalized spacial score (nSPS) is 18.4. The van der Waals surface area contributed by atoms with Crippen LogP contribution in [-0.2, 0) is 30.8 Å². The van der Waals surface area contributed by atoms with Crippen molar-refractivity contribution < 1.29 is 4.79 Å². The Hall–Kier alpha value is -2.21. The van der Waals surface area contributed by atoms with Crippen molar-refractivity contribution in [2.24, 2.45) is 0 Å². The maximum atomic E-state index is 12.8. The third-order valence-corrected chi connectivity index (χ3v) is 5.43. The molecule has 1 fully saturated rings. The molecule has 0 radical (unpaired) electrons. The van der Waals surface area contributed by atoms with Gasteiger partial charge in [-0.15, -0.1) is 5.10 Å². The highest BCUT2D eigenvalue weighted by Crippen LogP contribution is 2.19. The van der Waals surface area contributed by atoms with Gasteiger partial charge in [0.2, 0.25) is 5.91 Å². The molecule has 0 bridgehead atoms. The fraction of sp³-hybridized carbons (Fsp3) is 0.550. The molecular formula is C20H27N5O. The summed E-state index contributed by atoms with van der Waals surface area (Å²) in [7, 11) is 0. The number of aryl methyl sites for hydroxylation is 1. The highest BCUT2D eigenvalue weighted by atomic mass is 16.2. The number of amides is 1. The molecule has 0 spiro atoms. The van der Waals surface area contributed by atoms with E-state index in [2.05, 4.69) is 15.2 Å². The summed E-state index contributed by atoms with van der Waals surface area (Å²) in [4.78, 5) is 17.3. The highest BCUT2D eigenvalue weighted by molar-refractivity contribution is 5.78. The molecule has 0 unspecified atom stereocenters. The average molecular weight is 353 g/mol. The number of carbonyl (C=O) groups is 1. The molecule has 0 aliphatic carbocycles. The van der Waals surface area contributed by atoms with Crippen molar-refractivity contribution in [2.75, 3.05) is 19.6 Å². The topological polar surface area (TPSA) is 54.3 Å². The van der Waals surface area contributed by atoms with E-state index < -0.39 is 0 Å². The Morgan fingerprint density at radius 2 is 1.77 bits per heavy atom. The molecule has 0 atom stereocenters. The van der Waals surface area contributed by atoms with Crippen LogP contribution in [0.3, 0.4) is 0 Å². The van der Waals surface area contributed by atoms with E-state index in [-0.39, 0.29) is 5.91 Å². The van der Waals surface area contributed by atoms with Crippen LogP contribution in [0.25, 0.3) is 0 Å². The number of fused-ring (bicyclic) bond motifs is 1. The number of rotatable bonds is 4. The first-order chi connectivity index (χ1) is 12.8. The van der Waals surface area contributed by atoms with Gasteiger partial charge in [0.15, 0.2) is 0 Å². The second-order valence-corrected chi connectivity index (χ2v) is 7.37. The molecule has 0 N–H and O–H groups in total. The van der Waals surface area contributed by atoms with Crippen LogP contribution < -0.4 is 0 Å². The minimum absolute atomic E-state index is 0.190. The van der Waals surface area contributed by atoms with Gasteiger partial charge in [0.1, 0.15) is 5.69 Å². The van der Waals surface area contributed by atoms with Crippen molar-refractivity contribution in [3.63, 3.8) is 0 Å². The second kappa shape index (κ2) is 7.99. The number of likely N-dealkylation sites (tertiary alicyclic amines) is 1. The zero-order chi connectivity index (χ0) is 17.8. The fourth-order valence-corrected chi connectivity index (χ4v) is 3.94. The molecular weight excluding hydrogens is 326 g/mol. The molecule has 1 aromatic heterocycles. The number of carbonyl (C=O) groups excluding carboxylic acids is 1. The number of nitrogens with zero attached hydrogens (tertiary/aromatic N) is 5. The van der Waals surface area contributed by atoms with Crippen LogP contribution in [0.1, 0.15) is 42.6 Å². The van der Waals surface area contributed by atoms with Crippen molar-refractivity contribution in [2.45, 2.75) is 51.7 Å². The molecule has 6 nitrogen and oxygen atoms in total. The quantitative estimate of drug-likeness (QED) is 0.846. The summed E-state index contributed by atoms with van der Waals surface area (Å²) in [6.45, 7) is 5.40. The van der Waals surface area contributed by atoms with Gasteiger partial charge in [0, 0.05) is 19.6 Å².